The molecule has 0 radical (unpaired) electrons. The van der Waals surface area contributed by atoms with Crippen LogP contribution in [0.2, 0.25) is 0 Å². The minimum Gasteiger partial charge on any atom is -0.381 e. The van der Waals surface area contributed by atoms with Crippen molar-refractivity contribution < 1.29 is 4.52 Å². The average Bonchev–Trinajstić information content (AvgIpc) is 2.62. The van der Waals surface area contributed by atoms with Crippen LogP contribution in [0.5, 0.6) is 0 Å². The number of aryl methyl sites for hydroxylation is 2. The van der Waals surface area contributed by atoms with Crippen molar-refractivity contribution in [3.8, 4) is 11.1 Å². The number of anilines is 1. The number of aromatic nitrogens is 1. The molecule has 0 aliphatic rings. The normalized spacial score (nSPS) is 10.6. The number of benzene rings is 1. The van der Waals surface area contributed by atoms with Gasteiger partial charge >= 0.3 is 0 Å². The highest BCUT2D eigenvalue weighted by atomic mass is 16.5. The number of hydrogen-bond acceptors (Lipinski definition) is 4. The maximum atomic E-state index is 11.9. The van der Waals surface area contributed by atoms with Gasteiger partial charge in [-0.3, -0.25) is 4.79 Å². The summed E-state index contributed by atoms with van der Waals surface area (Å²) in [4.78, 5) is 11.9. The molecule has 5 heteroatoms. The Labute approximate surface area is 105 Å². The van der Waals surface area contributed by atoms with E-state index in [1.165, 1.54) is 4.74 Å². The lowest BCUT2D eigenvalue weighted by Gasteiger charge is -2.06. The van der Waals surface area contributed by atoms with E-state index in [4.69, 9.17) is 4.52 Å². The van der Waals surface area contributed by atoms with Crippen molar-refractivity contribution in [2.45, 2.75) is 13.8 Å². The summed E-state index contributed by atoms with van der Waals surface area (Å²) in [5, 5.41) is 0. The van der Waals surface area contributed by atoms with Gasteiger partial charge in [0.1, 0.15) is 5.76 Å². The van der Waals surface area contributed by atoms with E-state index < -0.39 is 0 Å². The van der Waals surface area contributed by atoms with E-state index in [0.717, 1.165) is 17.8 Å². The lowest BCUT2D eigenvalue weighted by Crippen LogP contribution is -2.20. The third kappa shape index (κ3) is 2.31. The molecule has 5 nitrogen and oxygen atoms in total. The molecule has 0 amide bonds. The maximum Gasteiger partial charge on any atom is 0.290 e. The van der Waals surface area contributed by atoms with E-state index in [-0.39, 0.29) is 5.56 Å². The van der Waals surface area contributed by atoms with Crippen LogP contribution in [0, 0.1) is 6.92 Å². The second-order valence-corrected chi connectivity index (χ2v) is 4.06. The van der Waals surface area contributed by atoms with Crippen LogP contribution >= 0.6 is 0 Å². The average molecular weight is 247 g/mol. The monoisotopic (exact) mass is 247 g/mol. The predicted molar refractivity (Wildman–Crippen MR) is 71.4 cm³/mol. The Morgan fingerprint density at radius 1 is 1.28 bits per heavy atom. The van der Waals surface area contributed by atoms with Crippen LogP contribution in [0.1, 0.15) is 12.7 Å². The molecule has 0 bridgehead atoms. The fraction of sp³-hybridized carbons (Fsp3) is 0.308. The van der Waals surface area contributed by atoms with Crippen LogP contribution in [0.25, 0.3) is 11.1 Å². The fourth-order valence-electron chi connectivity index (χ4n) is 1.84. The van der Waals surface area contributed by atoms with Gasteiger partial charge in [0.05, 0.1) is 5.56 Å². The molecule has 0 saturated carbocycles. The molecular weight excluding hydrogens is 230 g/mol. The fourth-order valence-corrected chi connectivity index (χ4v) is 1.84. The lowest BCUT2D eigenvalue weighted by atomic mass is 10.1. The molecule has 0 fully saturated rings. The highest BCUT2D eigenvalue weighted by molar-refractivity contribution is 5.66. The molecule has 0 atom stereocenters. The highest BCUT2D eigenvalue weighted by Gasteiger charge is 2.13. The number of nitrogens with zero attached hydrogens (tertiary/aromatic N) is 1. The van der Waals surface area contributed by atoms with Crippen LogP contribution in [-0.4, -0.2) is 11.3 Å². The van der Waals surface area contributed by atoms with E-state index in [2.05, 4.69) is 10.9 Å². The van der Waals surface area contributed by atoms with E-state index in [1.54, 1.807) is 14.0 Å². The van der Waals surface area contributed by atoms with Crippen molar-refractivity contribution in [3.05, 3.63) is 40.4 Å². The van der Waals surface area contributed by atoms with Gasteiger partial charge in [-0.2, -0.15) is 4.74 Å². The molecule has 2 aromatic rings. The summed E-state index contributed by atoms with van der Waals surface area (Å²) in [5.41, 5.74) is 8.40. The zero-order valence-electron chi connectivity index (χ0n) is 10.8. The zero-order chi connectivity index (χ0) is 13.1. The first-order valence-corrected chi connectivity index (χ1v) is 5.89. The van der Waals surface area contributed by atoms with Gasteiger partial charge in [-0.25, -0.2) is 5.43 Å². The van der Waals surface area contributed by atoms with Gasteiger partial charge in [0.15, 0.2) is 0 Å². The molecular formula is C13H17N3O2. The third-order valence-electron chi connectivity index (χ3n) is 2.71. The molecule has 0 aliphatic carbocycles. The molecule has 0 aliphatic heterocycles. The summed E-state index contributed by atoms with van der Waals surface area (Å²) >= 11 is 0. The second kappa shape index (κ2) is 5.10. The van der Waals surface area contributed by atoms with Crippen LogP contribution in [0.3, 0.4) is 0 Å². The first-order valence-electron chi connectivity index (χ1n) is 5.89. The van der Waals surface area contributed by atoms with Gasteiger partial charge in [0.25, 0.3) is 5.56 Å². The van der Waals surface area contributed by atoms with Crippen molar-refractivity contribution in [1.82, 2.24) is 10.2 Å². The van der Waals surface area contributed by atoms with E-state index in [9.17, 15) is 4.79 Å². The molecule has 1 heterocycles. The maximum absolute atomic E-state index is 11.9. The molecule has 96 valence electrons. The largest absolute Gasteiger partial charge is 0.381 e. The Morgan fingerprint density at radius 3 is 2.44 bits per heavy atom. The molecule has 2 rings (SSSR count). The predicted octanol–water partition coefficient (Wildman–Crippen LogP) is 1.89. The Bertz CT molecular complexity index is 581. The van der Waals surface area contributed by atoms with E-state index in [0.29, 0.717) is 11.3 Å². The molecule has 0 saturated heterocycles. The van der Waals surface area contributed by atoms with Crippen LogP contribution in [0.15, 0.2) is 33.6 Å². The molecule has 0 unspecified atom stereocenters. The summed E-state index contributed by atoms with van der Waals surface area (Å²) in [6, 6.07) is 7.64. The minimum atomic E-state index is -0.111. The van der Waals surface area contributed by atoms with Crippen molar-refractivity contribution in [3.63, 3.8) is 0 Å². The highest BCUT2D eigenvalue weighted by Crippen LogP contribution is 2.21. The minimum absolute atomic E-state index is 0.111. The van der Waals surface area contributed by atoms with E-state index in [1.807, 2.05) is 31.2 Å². The summed E-state index contributed by atoms with van der Waals surface area (Å²) in [7, 11) is 1.61. The van der Waals surface area contributed by atoms with Crippen LogP contribution < -0.4 is 16.4 Å². The third-order valence-corrected chi connectivity index (χ3v) is 2.71. The van der Waals surface area contributed by atoms with E-state index >= 15 is 0 Å². The topological polar surface area (TPSA) is 59.2 Å². The quantitative estimate of drug-likeness (QED) is 0.810. The van der Waals surface area contributed by atoms with Gasteiger partial charge in [0, 0.05) is 19.3 Å². The number of nitrogens with one attached hydrogen (secondary N) is 2. The zero-order valence-corrected chi connectivity index (χ0v) is 10.8. The van der Waals surface area contributed by atoms with Crippen molar-refractivity contribution >= 4 is 5.69 Å². The van der Waals surface area contributed by atoms with Gasteiger partial charge in [0.2, 0.25) is 0 Å². The molecule has 1 aromatic carbocycles. The molecule has 1 aromatic heterocycles. The summed E-state index contributed by atoms with van der Waals surface area (Å²) in [6.45, 7) is 4.64. The SMILES string of the molecule is CCNNc1ccc(-c2c(C)on(C)c2=O)cc1. The van der Waals surface area contributed by atoms with Crippen molar-refractivity contribution in [2.24, 2.45) is 7.05 Å². The number of hydrogen-bond donors (Lipinski definition) is 2. The van der Waals surface area contributed by atoms with Crippen molar-refractivity contribution in [1.29, 1.82) is 0 Å². The Balaban J connectivity index is 2.32. The van der Waals surface area contributed by atoms with Gasteiger partial charge in [-0.15, -0.1) is 0 Å². The standard InChI is InChI=1S/C13H17N3O2/c1-4-14-15-11-7-5-10(6-8-11)12-9(2)18-16(3)13(12)17/h5-8,14-15H,4H2,1-3H3. The second-order valence-electron chi connectivity index (χ2n) is 4.06. The molecule has 18 heavy (non-hydrogen) atoms. The molecule has 2 N–H and O–H groups in total. The Morgan fingerprint density at radius 2 is 1.94 bits per heavy atom. The van der Waals surface area contributed by atoms with Crippen LogP contribution in [-0.2, 0) is 7.05 Å². The van der Waals surface area contributed by atoms with Gasteiger partial charge in [-0.1, -0.05) is 19.1 Å². The summed E-state index contributed by atoms with van der Waals surface area (Å²) in [5.74, 6) is 0.634. The Hall–Kier alpha value is -2.01. The Kier molecular flexibility index (Phi) is 3.53. The summed E-state index contributed by atoms with van der Waals surface area (Å²) in [6.07, 6.45) is 0. The van der Waals surface area contributed by atoms with Crippen molar-refractivity contribution in [2.75, 3.05) is 12.0 Å². The lowest BCUT2D eigenvalue weighted by molar-refractivity contribution is 0.283. The number of rotatable bonds is 4. The van der Waals surface area contributed by atoms with Gasteiger partial charge < -0.3 is 9.95 Å². The smallest absolute Gasteiger partial charge is 0.290 e. The van der Waals surface area contributed by atoms with Gasteiger partial charge in [-0.05, 0) is 24.6 Å². The summed E-state index contributed by atoms with van der Waals surface area (Å²) < 4.78 is 6.52. The molecule has 0 spiro atoms. The first kappa shape index (κ1) is 12.4. The first-order chi connectivity index (χ1) is 8.63. The number of hydrazine groups is 1. The van der Waals surface area contributed by atoms with Crippen LogP contribution in [0.4, 0.5) is 5.69 Å².